The number of aryl methyl sites for hydroxylation is 1. The molecule has 1 amide bonds. The Morgan fingerprint density at radius 2 is 2.00 bits per heavy atom. The SMILES string of the molecule is CCNC(=NCC(=O)NC(C)(C)C)NCc1ccc(C)s1. The Morgan fingerprint density at radius 3 is 2.52 bits per heavy atom. The molecule has 1 aromatic rings. The molecule has 0 aliphatic heterocycles. The molecule has 0 saturated carbocycles. The smallest absolute Gasteiger partial charge is 0.242 e. The first kappa shape index (κ1) is 17.5. The highest BCUT2D eigenvalue weighted by atomic mass is 32.1. The lowest BCUT2D eigenvalue weighted by atomic mass is 10.1. The highest BCUT2D eigenvalue weighted by Gasteiger charge is 2.13. The average Bonchev–Trinajstić information content (AvgIpc) is 2.76. The molecule has 5 nitrogen and oxygen atoms in total. The number of nitrogens with one attached hydrogen (secondary N) is 3. The van der Waals surface area contributed by atoms with Crippen LogP contribution in [0.2, 0.25) is 0 Å². The lowest BCUT2D eigenvalue weighted by Crippen LogP contribution is -2.43. The Morgan fingerprint density at radius 1 is 1.29 bits per heavy atom. The van der Waals surface area contributed by atoms with Gasteiger partial charge in [-0.2, -0.15) is 0 Å². The van der Waals surface area contributed by atoms with E-state index in [9.17, 15) is 4.79 Å². The molecule has 0 unspecified atom stereocenters. The zero-order chi connectivity index (χ0) is 15.9. The molecule has 0 radical (unpaired) electrons. The summed E-state index contributed by atoms with van der Waals surface area (Å²) in [5.41, 5.74) is -0.229. The van der Waals surface area contributed by atoms with Gasteiger partial charge < -0.3 is 16.0 Å². The van der Waals surface area contributed by atoms with Crippen LogP contribution in [0.3, 0.4) is 0 Å². The van der Waals surface area contributed by atoms with Crippen LogP contribution in [0.4, 0.5) is 0 Å². The lowest BCUT2D eigenvalue weighted by Gasteiger charge is -2.20. The van der Waals surface area contributed by atoms with Crippen LogP contribution in [0.1, 0.15) is 37.4 Å². The van der Waals surface area contributed by atoms with Crippen LogP contribution in [0.5, 0.6) is 0 Å². The van der Waals surface area contributed by atoms with Gasteiger partial charge in [0.1, 0.15) is 6.54 Å². The number of guanidine groups is 1. The van der Waals surface area contributed by atoms with Gasteiger partial charge in [0.15, 0.2) is 5.96 Å². The molecule has 0 aliphatic rings. The number of rotatable bonds is 5. The molecule has 6 heteroatoms. The highest BCUT2D eigenvalue weighted by molar-refractivity contribution is 7.11. The van der Waals surface area contributed by atoms with E-state index in [0.717, 1.165) is 6.54 Å². The second-order valence-electron chi connectivity index (χ2n) is 5.86. The van der Waals surface area contributed by atoms with Crippen LogP contribution in [0, 0.1) is 6.92 Å². The second-order valence-corrected chi connectivity index (χ2v) is 7.23. The van der Waals surface area contributed by atoms with Crippen LogP contribution in [0.25, 0.3) is 0 Å². The minimum atomic E-state index is -0.229. The van der Waals surface area contributed by atoms with Gasteiger partial charge in [-0.05, 0) is 46.8 Å². The number of nitrogens with zero attached hydrogens (tertiary/aromatic N) is 1. The zero-order valence-corrected chi connectivity index (χ0v) is 14.4. The van der Waals surface area contributed by atoms with Crippen LogP contribution < -0.4 is 16.0 Å². The molecule has 0 fully saturated rings. The molecule has 0 aliphatic carbocycles. The van der Waals surface area contributed by atoms with E-state index in [4.69, 9.17) is 0 Å². The summed E-state index contributed by atoms with van der Waals surface area (Å²) >= 11 is 1.76. The van der Waals surface area contributed by atoms with E-state index in [1.807, 2.05) is 27.7 Å². The summed E-state index contributed by atoms with van der Waals surface area (Å²) in [6.07, 6.45) is 0. The van der Waals surface area contributed by atoms with Crippen LogP contribution in [0.15, 0.2) is 17.1 Å². The van der Waals surface area contributed by atoms with E-state index in [-0.39, 0.29) is 18.0 Å². The highest BCUT2D eigenvalue weighted by Crippen LogP contribution is 2.14. The fraction of sp³-hybridized carbons (Fsp3) is 0.600. The number of hydrogen-bond acceptors (Lipinski definition) is 3. The molecule has 0 aromatic carbocycles. The van der Waals surface area contributed by atoms with E-state index >= 15 is 0 Å². The van der Waals surface area contributed by atoms with Crippen molar-refractivity contribution >= 4 is 23.2 Å². The third-order valence-electron chi connectivity index (χ3n) is 2.47. The van der Waals surface area contributed by atoms with Crippen LogP contribution >= 0.6 is 11.3 Å². The molecule has 1 rings (SSSR count). The van der Waals surface area contributed by atoms with Crippen LogP contribution in [-0.2, 0) is 11.3 Å². The molecular weight excluding hydrogens is 284 g/mol. The minimum absolute atomic E-state index is 0.0772. The van der Waals surface area contributed by atoms with E-state index in [1.54, 1.807) is 11.3 Å². The van der Waals surface area contributed by atoms with Crippen molar-refractivity contribution < 1.29 is 4.79 Å². The van der Waals surface area contributed by atoms with Crippen molar-refractivity contribution in [1.82, 2.24) is 16.0 Å². The summed E-state index contributed by atoms with van der Waals surface area (Å²) in [6.45, 7) is 11.6. The first-order chi connectivity index (χ1) is 9.80. The molecule has 3 N–H and O–H groups in total. The Labute approximate surface area is 131 Å². The first-order valence-corrected chi connectivity index (χ1v) is 8.00. The summed E-state index contributed by atoms with van der Waals surface area (Å²) < 4.78 is 0. The summed E-state index contributed by atoms with van der Waals surface area (Å²) in [5.74, 6) is 0.583. The normalized spacial score (nSPS) is 12.1. The number of amides is 1. The minimum Gasteiger partial charge on any atom is -0.357 e. The molecule has 21 heavy (non-hydrogen) atoms. The van der Waals surface area contributed by atoms with E-state index < -0.39 is 0 Å². The van der Waals surface area contributed by atoms with Crippen molar-refractivity contribution in [3.8, 4) is 0 Å². The van der Waals surface area contributed by atoms with Crippen molar-refractivity contribution in [2.24, 2.45) is 4.99 Å². The lowest BCUT2D eigenvalue weighted by molar-refractivity contribution is -0.121. The second kappa shape index (κ2) is 8.02. The van der Waals surface area contributed by atoms with Crippen molar-refractivity contribution in [1.29, 1.82) is 0 Å². The Hall–Kier alpha value is -1.56. The summed E-state index contributed by atoms with van der Waals surface area (Å²) in [4.78, 5) is 18.6. The molecule has 0 saturated heterocycles. The van der Waals surface area contributed by atoms with Gasteiger partial charge in [0.25, 0.3) is 0 Å². The maximum atomic E-state index is 11.8. The predicted octanol–water partition coefficient (Wildman–Crippen LogP) is 2.03. The van der Waals surface area contributed by atoms with E-state index in [2.05, 4.69) is 40.0 Å². The molecule has 118 valence electrons. The monoisotopic (exact) mass is 310 g/mol. The van der Waals surface area contributed by atoms with Gasteiger partial charge in [0.05, 0.1) is 6.54 Å². The molecule has 0 spiro atoms. The topological polar surface area (TPSA) is 65.5 Å². The molecular formula is C15H26N4OS. The predicted molar refractivity (Wildman–Crippen MR) is 89.8 cm³/mol. The van der Waals surface area contributed by atoms with Crippen molar-refractivity contribution in [2.45, 2.75) is 46.7 Å². The Balaban J connectivity index is 2.51. The van der Waals surface area contributed by atoms with Gasteiger partial charge >= 0.3 is 0 Å². The summed E-state index contributed by atoms with van der Waals surface area (Å²) in [7, 11) is 0. The van der Waals surface area contributed by atoms with Crippen molar-refractivity contribution in [3.63, 3.8) is 0 Å². The summed E-state index contributed by atoms with van der Waals surface area (Å²) in [6, 6.07) is 4.20. The van der Waals surface area contributed by atoms with Gasteiger partial charge in [-0.1, -0.05) is 0 Å². The van der Waals surface area contributed by atoms with Gasteiger partial charge in [-0.3, -0.25) is 4.79 Å². The molecule has 1 aromatic heterocycles. The van der Waals surface area contributed by atoms with Gasteiger partial charge in [-0.15, -0.1) is 11.3 Å². The van der Waals surface area contributed by atoms with Gasteiger partial charge in [0, 0.05) is 21.8 Å². The number of carbonyl (C=O) groups excluding carboxylic acids is 1. The fourth-order valence-corrected chi connectivity index (χ4v) is 2.53. The van der Waals surface area contributed by atoms with Gasteiger partial charge in [-0.25, -0.2) is 4.99 Å². The van der Waals surface area contributed by atoms with Crippen molar-refractivity contribution in [2.75, 3.05) is 13.1 Å². The number of carbonyl (C=O) groups is 1. The molecule has 0 atom stereocenters. The largest absolute Gasteiger partial charge is 0.357 e. The van der Waals surface area contributed by atoms with Gasteiger partial charge in [0.2, 0.25) is 5.91 Å². The third kappa shape index (κ3) is 7.70. The Kier molecular flexibility index (Phi) is 6.68. The van der Waals surface area contributed by atoms with Crippen LogP contribution in [-0.4, -0.2) is 30.5 Å². The zero-order valence-electron chi connectivity index (χ0n) is 13.5. The number of thiophene rings is 1. The maximum absolute atomic E-state index is 11.8. The number of hydrogen-bond donors (Lipinski definition) is 3. The third-order valence-corrected chi connectivity index (χ3v) is 3.47. The van der Waals surface area contributed by atoms with E-state index in [0.29, 0.717) is 12.5 Å². The number of aliphatic imine (C=N–C) groups is 1. The Bertz CT molecular complexity index is 488. The maximum Gasteiger partial charge on any atom is 0.242 e. The average molecular weight is 310 g/mol. The molecule has 1 heterocycles. The standard InChI is InChI=1S/C15H26N4OS/c1-6-16-14(17-9-12-8-7-11(2)21-12)18-10-13(20)19-15(3,4)5/h7-8H,6,9-10H2,1-5H3,(H,19,20)(H2,16,17,18). The fourth-order valence-electron chi connectivity index (χ4n) is 1.70. The van der Waals surface area contributed by atoms with E-state index in [1.165, 1.54) is 9.75 Å². The first-order valence-electron chi connectivity index (χ1n) is 7.18. The quantitative estimate of drug-likeness (QED) is 0.576. The molecule has 0 bridgehead atoms. The van der Waals surface area contributed by atoms with Crippen molar-refractivity contribution in [3.05, 3.63) is 21.9 Å². The summed E-state index contributed by atoms with van der Waals surface area (Å²) in [5, 5.41) is 9.27.